The van der Waals surface area contributed by atoms with Crippen molar-refractivity contribution < 1.29 is 19.4 Å². The number of ether oxygens (including phenoxy) is 1. The van der Waals surface area contributed by atoms with Gasteiger partial charge in [-0.05, 0) is 42.2 Å². The van der Waals surface area contributed by atoms with Crippen molar-refractivity contribution in [3.05, 3.63) is 42.0 Å². The van der Waals surface area contributed by atoms with E-state index in [0.29, 0.717) is 30.3 Å². The predicted octanol–water partition coefficient (Wildman–Crippen LogP) is 4.42. The van der Waals surface area contributed by atoms with Crippen molar-refractivity contribution in [2.75, 3.05) is 20.2 Å². The second-order valence-electron chi connectivity index (χ2n) is 9.26. The van der Waals surface area contributed by atoms with Crippen molar-refractivity contribution in [1.29, 1.82) is 0 Å². The summed E-state index contributed by atoms with van der Waals surface area (Å²) < 4.78 is 5.00. The molecule has 0 radical (unpaired) electrons. The second-order valence-corrected chi connectivity index (χ2v) is 9.26. The van der Waals surface area contributed by atoms with Gasteiger partial charge in [-0.1, -0.05) is 51.1 Å². The molecule has 156 valence electrons. The van der Waals surface area contributed by atoms with E-state index < -0.39 is 0 Å². The molecular formula is C24H31NO4. The van der Waals surface area contributed by atoms with Crippen LogP contribution in [0.25, 0.3) is 10.8 Å². The number of hydrogen-bond donors (Lipinski definition) is 1. The molecule has 0 spiro atoms. The van der Waals surface area contributed by atoms with Crippen molar-refractivity contribution in [2.24, 2.45) is 11.3 Å². The number of fused-ring (bicyclic) bond motifs is 1. The number of phenolic OH excluding ortho intramolecular Hbond substituents is 1. The van der Waals surface area contributed by atoms with Crippen LogP contribution in [0.1, 0.15) is 50.4 Å². The summed E-state index contributed by atoms with van der Waals surface area (Å²) >= 11 is 0. The smallest absolute Gasteiger partial charge is 0.323 e. The molecule has 0 amide bonds. The Kier molecular flexibility index (Phi) is 6.27. The topological polar surface area (TPSA) is 66.8 Å². The van der Waals surface area contributed by atoms with Gasteiger partial charge in [0.2, 0.25) is 0 Å². The number of likely N-dealkylation sites (tertiary alicyclic amines) is 1. The van der Waals surface area contributed by atoms with Crippen molar-refractivity contribution in [3.8, 4) is 5.75 Å². The first-order valence-corrected chi connectivity index (χ1v) is 10.3. The predicted molar refractivity (Wildman–Crippen MR) is 114 cm³/mol. The highest BCUT2D eigenvalue weighted by atomic mass is 16.5. The normalized spacial score (nSPS) is 20.1. The van der Waals surface area contributed by atoms with E-state index in [2.05, 4.69) is 25.7 Å². The van der Waals surface area contributed by atoms with Crippen molar-refractivity contribution in [2.45, 2.75) is 46.1 Å². The highest BCUT2D eigenvalue weighted by molar-refractivity contribution is 6.04. The molecule has 2 atom stereocenters. The largest absolute Gasteiger partial charge is 0.507 e. The Bertz CT molecular complexity index is 899. The molecule has 3 rings (SSSR count). The zero-order chi connectivity index (χ0) is 21.2. The molecule has 1 fully saturated rings. The maximum absolute atomic E-state index is 12.9. The molecule has 0 bridgehead atoms. The zero-order valence-electron chi connectivity index (χ0n) is 17.8. The molecule has 0 saturated carbocycles. The van der Waals surface area contributed by atoms with Gasteiger partial charge >= 0.3 is 5.97 Å². The molecule has 1 heterocycles. The fourth-order valence-electron chi connectivity index (χ4n) is 4.11. The number of Topliss-reactive ketones (excluding diaryl/α,β-unsaturated/α-hetero) is 1. The third-order valence-electron chi connectivity index (χ3n) is 5.79. The van der Waals surface area contributed by atoms with Gasteiger partial charge in [-0.25, -0.2) is 0 Å². The van der Waals surface area contributed by atoms with Crippen LogP contribution < -0.4 is 0 Å². The quantitative estimate of drug-likeness (QED) is 0.577. The molecule has 0 unspecified atom stereocenters. The summed E-state index contributed by atoms with van der Waals surface area (Å²) in [5, 5.41) is 12.2. The van der Waals surface area contributed by atoms with Crippen LogP contribution in [0.2, 0.25) is 0 Å². The maximum Gasteiger partial charge on any atom is 0.323 e. The Labute approximate surface area is 172 Å². The Morgan fingerprint density at radius 1 is 1.17 bits per heavy atom. The van der Waals surface area contributed by atoms with Crippen LogP contribution in [-0.4, -0.2) is 48.0 Å². The monoisotopic (exact) mass is 397 g/mol. The minimum absolute atomic E-state index is 0.0419. The molecule has 1 aliphatic heterocycles. The average Bonchev–Trinajstić information content (AvgIpc) is 3.08. The zero-order valence-corrected chi connectivity index (χ0v) is 17.8. The molecule has 1 N–H and O–H groups in total. The lowest BCUT2D eigenvalue weighted by molar-refractivity contribution is -0.146. The van der Waals surface area contributed by atoms with Gasteiger partial charge in [0.25, 0.3) is 0 Å². The van der Waals surface area contributed by atoms with Crippen molar-refractivity contribution in [3.63, 3.8) is 0 Å². The maximum atomic E-state index is 12.9. The first kappa shape index (κ1) is 21.3. The third kappa shape index (κ3) is 4.96. The van der Waals surface area contributed by atoms with E-state index in [1.54, 1.807) is 6.07 Å². The first-order chi connectivity index (χ1) is 13.7. The molecular weight excluding hydrogens is 366 g/mol. The lowest BCUT2D eigenvalue weighted by Crippen LogP contribution is -2.38. The van der Waals surface area contributed by atoms with Crippen molar-refractivity contribution in [1.82, 2.24) is 4.90 Å². The van der Waals surface area contributed by atoms with Gasteiger partial charge < -0.3 is 9.84 Å². The lowest BCUT2D eigenvalue weighted by Gasteiger charge is -2.26. The number of methoxy groups -OCH3 is 1. The summed E-state index contributed by atoms with van der Waals surface area (Å²) in [5.41, 5.74) is 0.525. The van der Waals surface area contributed by atoms with Gasteiger partial charge in [-0.2, -0.15) is 0 Å². The van der Waals surface area contributed by atoms with Crippen LogP contribution in [0.15, 0.2) is 36.4 Å². The summed E-state index contributed by atoms with van der Waals surface area (Å²) in [4.78, 5) is 27.4. The van der Waals surface area contributed by atoms with E-state index in [0.717, 1.165) is 18.4 Å². The molecule has 2 aromatic carbocycles. The van der Waals surface area contributed by atoms with E-state index in [1.807, 2.05) is 30.3 Å². The summed E-state index contributed by atoms with van der Waals surface area (Å²) in [6, 6.07) is 10.7. The Morgan fingerprint density at radius 2 is 1.90 bits per heavy atom. The number of ketones is 1. The van der Waals surface area contributed by atoms with E-state index in [1.165, 1.54) is 7.11 Å². The molecule has 5 heteroatoms. The summed E-state index contributed by atoms with van der Waals surface area (Å²) in [5.74, 6) is -0.209. The first-order valence-electron chi connectivity index (χ1n) is 10.3. The number of rotatable bonds is 6. The number of hydrogen-bond acceptors (Lipinski definition) is 5. The molecule has 0 aromatic heterocycles. The molecule has 0 aliphatic carbocycles. The van der Waals surface area contributed by atoms with Gasteiger partial charge in [0.1, 0.15) is 11.8 Å². The Morgan fingerprint density at radius 3 is 2.59 bits per heavy atom. The van der Waals surface area contributed by atoms with Crippen LogP contribution in [0.3, 0.4) is 0 Å². The second kappa shape index (κ2) is 8.54. The van der Waals surface area contributed by atoms with Gasteiger partial charge in [0.05, 0.1) is 12.7 Å². The lowest BCUT2D eigenvalue weighted by atomic mass is 9.92. The molecule has 5 nitrogen and oxygen atoms in total. The fourth-order valence-corrected chi connectivity index (χ4v) is 4.11. The average molecular weight is 398 g/mol. The molecule has 29 heavy (non-hydrogen) atoms. The van der Waals surface area contributed by atoms with Gasteiger partial charge in [0, 0.05) is 18.4 Å². The summed E-state index contributed by atoms with van der Waals surface area (Å²) in [6.07, 6.45) is 1.88. The molecule has 1 aliphatic rings. The number of carbonyl (C=O) groups is 2. The van der Waals surface area contributed by atoms with Gasteiger partial charge in [-0.15, -0.1) is 0 Å². The van der Waals surface area contributed by atoms with E-state index in [-0.39, 0.29) is 34.9 Å². The summed E-state index contributed by atoms with van der Waals surface area (Å²) in [6.45, 7) is 8.03. The third-order valence-corrected chi connectivity index (χ3v) is 5.79. The number of esters is 1. The van der Waals surface area contributed by atoms with Crippen LogP contribution in [-0.2, 0) is 9.53 Å². The number of benzene rings is 2. The highest BCUT2D eigenvalue weighted by Crippen LogP contribution is 2.33. The number of phenols is 1. The van der Waals surface area contributed by atoms with E-state index >= 15 is 0 Å². The summed E-state index contributed by atoms with van der Waals surface area (Å²) in [7, 11) is 1.41. The Balaban J connectivity index is 1.73. The molecule has 2 aromatic rings. The van der Waals surface area contributed by atoms with Gasteiger partial charge in [-0.3, -0.25) is 14.5 Å². The minimum Gasteiger partial charge on any atom is -0.507 e. The number of carbonyl (C=O) groups excluding carboxylic acids is 2. The highest BCUT2D eigenvalue weighted by Gasteiger charge is 2.38. The van der Waals surface area contributed by atoms with E-state index in [9.17, 15) is 14.7 Å². The number of nitrogens with zero attached hydrogens (tertiary/aromatic N) is 1. The van der Waals surface area contributed by atoms with Crippen LogP contribution in [0.5, 0.6) is 5.75 Å². The van der Waals surface area contributed by atoms with Crippen LogP contribution in [0, 0.1) is 11.3 Å². The SMILES string of the molecule is COC(=O)[C@@H]1C[C@H](CC(=O)c2ccc3ccccc3c2O)CN1CCC(C)(C)C. The van der Waals surface area contributed by atoms with Crippen LogP contribution in [0.4, 0.5) is 0 Å². The van der Waals surface area contributed by atoms with Gasteiger partial charge in [0.15, 0.2) is 5.78 Å². The minimum atomic E-state index is -0.301. The van der Waals surface area contributed by atoms with Crippen molar-refractivity contribution >= 4 is 22.5 Å². The van der Waals surface area contributed by atoms with E-state index in [4.69, 9.17) is 4.74 Å². The fraction of sp³-hybridized carbons (Fsp3) is 0.500. The standard InChI is InChI=1S/C24H31NO4/c1-24(2,3)11-12-25-15-16(13-20(25)23(28)29-4)14-21(26)19-10-9-17-7-5-6-8-18(17)22(19)27/h5-10,16,20,27H,11-15H2,1-4H3/t16-,20+/m1/s1. The number of aromatic hydroxyl groups is 1. The van der Waals surface area contributed by atoms with Crippen LogP contribution >= 0.6 is 0 Å². The molecule has 1 saturated heterocycles. The Hall–Kier alpha value is -2.40.